The van der Waals surface area contributed by atoms with Crippen LogP contribution in [0.25, 0.3) is 38.4 Å². The van der Waals surface area contributed by atoms with Crippen LogP contribution in [0.3, 0.4) is 0 Å². The number of hydrogen-bond acceptors (Lipinski definition) is 9. The number of rotatable bonds is 7. The van der Waals surface area contributed by atoms with E-state index in [2.05, 4.69) is 14.9 Å². The van der Waals surface area contributed by atoms with E-state index in [-0.39, 0.29) is 30.3 Å². The lowest BCUT2D eigenvalue weighted by molar-refractivity contribution is 0.0821. The molecule has 2 fully saturated rings. The van der Waals surface area contributed by atoms with Crippen molar-refractivity contribution in [2.75, 3.05) is 45.2 Å². The largest absolute Gasteiger partial charge is 0.505 e. The van der Waals surface area contributed by atoms with Crippen LogP contribution in [0.15, 0.2) is 36.5 Å². The number of pyridine rings is 1. The summed E-state index contributed by atoms with van der Waals surface area (Å²) >= 11 is 0. The van der Waals surface area contributed by atoms with Crippen molar-refractivity contribution >= 4 is 38.9 Å². The Morgan fingerprint density at radius 1 is 1.09 bits per heavy atom. The lowest BCUT2D eigenvalue weighted by atomic mass is 9.92. The van der Waals surface area contributed by atoms with Crippen molar-refractivity contribution in [2.45, 2.75) is 70.8 Å². The van der Waals surface area contributed by atoms with E-state index in [4.69, 9.17) is 19.8 Å². The first-order valence-electron chi connectivity index (χ1n) is 18.8. The topological polar surface area (TPSA) is 117 Å². The van der Waals surface area contributed by atoms with Gasteiger partial charge in [-0.2, -0.15) is 20.2 Å². The van der Waals surface area contributed by atoms with Crippen molar-refractivity contribution in [1.29, 1.82) is 0 Å². The number of aryl methyl sites for hydroxylation is 3. The fourth-order valence-electron chi connectivity index (χ4n) is 9.17. The minimum Gasteiger partial charge on any atom is -0.505 e. The molecular formula is C40H42F3N9O3. The van der Waals surface area contributed by atoms with Crippen molar-refractivity contribution in [3.8, 4) is 23.0 Å². The normalized spacial score (nSPS) is 20.1. The highest BCUT2D eigenvalue weighted by Crippen LogP contribution is 2.44. The van der Waals surface area contributed by atoms with E-state index in [0.29, 0.717) is 94.7 Å². The molecule has 0 bridgehead atoms. The van der Waals surface area contributed by atoms with E-state index in [1.165, 1.54) is 23.1 Å². The minimum absolute atomic E-state index is 0.0943. The maximum atomic E-state index is 15.5. The monoisotopic (exact) mass is 753 g/mol. The van der Waals surface area contributed by atoms with Gasteiger partial charge in [0.05, 0.1) is 46.1 Å². The number of hydrogen-bond donors (Lipinski definition) is 1. The number of aromatic hydroxyl groups is 1. The van der Waals surface area contributed by atoms with Gasteiger partial charge in [-0.3, -0.25) is 14.4 Å². The van der Waals surface area contributed by atoms with Gasteiger partial charge in [0.15, 0.2) is 17.3 Å². The number of aromatic nitrogens is 6. The molecule has 6 aromatic rings. The van der Waals surface area contributed by atoms with E-state index >= 15 is 8.78 Å². The van der Waals surface area contributed by atoms with Crippen LogP contribution in [0.5, 0.6) is 11.8 Å². The standard InChI is InChI=1S/C40H42F3N9O3/c1-5-25-28(42)9-8-26-32(25)27(17-31(53)34(26)43)36-22(2)35-33(30-10-12-44-52(30)36)37(46-39(45-35)55-21-40-11-6-14-50(40)19-23(41)18-40)49-13-7-15-51-24(20-49)16-29(47-51)38(54)48(3)4/h8-10,12,16-17,23,53H,5-7,11,13-15,18-21H2,1-4H3/t23-,40+/m1/s1. The Kier molecular flexibility index (Phi) is 8.40. The van der Waals surface area contributed by atoms with E-state index < -0.39 is 29.1 Å². The number of anilines is 1. The van der Waals surface area contributed by atoms with Gasteiger partial charge in [0.25, 0.3) is 5.91 Å². The second-order valence-electron chi connectivity index (χ2n) is 15.3. The summed E-state index contributed by atoms with van der Waals surface area (Å²) in [6.45, 7) is 6.68. The number of fused-ring (bicyclic) bond motifs is 6. The summed E-state index contributed by atoms with van der Waals surface area (Å²) in [7, 11) is 3.39. The Balaban J connectivity index is 1.27. The summed E-state index contributed by atoms with van der Waals surface area (Å²) in [5, 5.41) is 21.4. The summed E-state index contributed by atoms with van der Waals surface area (Å²) < 4.78 is 55.8. The lowest BCUT2D eigenvalue weighted by Crippen LogP contribution is -2.43. The number of amides is 1. The molecule has 3 aliphatic rings. The molecule has 0 saturated carbocycles. The second kappa shape index (κ2) is 13.1. The molecule has 15 heteroatoms. The van der Waals surface area contributed by atoms with Crippen LogP contribution in [0.1, 0.15) is 59.9 Å². The zero-order valence-corrected chi connectivity index (χ0v) is 31.2. The molecule has 9 rings (SSSR count). The van der Waals surface area contributed by atoms with Crippen LogP contribution >= 0.6 is 0 Å². The average Bonchev–Trinajstić information content (AvgIpc) is 3.93. The molecule has 3 aliphatic heterocycles. The lowest BCUT2D eigenvalue weighted by Gasteiger charge is -2.31. The third kappa shape index (κ3) is 5.56. The molecule has 0 aliphatic carbocycles. The fraction of sp³-hybridized carbons (Fsp3) is 0.425. The van der Waals surface area contributed by atoms with E-state index in [0.717, 1.165) is 25.1 Å². The van der Waals surface area contributed by atoms with Crippen LogP contribution in [-0.4, -0.2) is 102 Å². The highest BCUT2D eigenvalue weighted by atomic mass is 19.1. The zero-order chi connectivity index (χ0) is 38.3. The number of nitrogens with zero attached hydrogens (tertiary/aromatic N) is 9. The van der Waals surface area contributed by atoms with Gasteiger partial charge in [-0.05, 0) is 75.0 Å². The Morgan fingerprint density at radius 3 is 2.73 bits per heavy atom. The van der Waals surface area contributed by atoms with Gasteiger partial charge in [0, 0.05) is 62.0 Å². The van der Waals surface area contributed by atoms with Crippen LogP contribution in [-0.2, 0) is 19.5 Å². The first-order valence-corrected chi connectivity index (χ1v) is 18.8. The van der Waals surface area contributed by atoms with E-state index in [1.54, 1.807) is 31.7 Å². The Hall–Kier alpha value is -5.44. The number of halogens is 3. The number of benzene rings is 2. The summed E-state index contributed by atoms with van der Waals surface area (Å²) in [5.74, 6) is -1.48. The van der Waals surface area contributed by atoms with Crippen LogP contribution in [0.4, 0.5) is 19.0 Å². The van der Waals surface area contributed by atoms with Crippen molar-refractivity contribution in [3.63, 3.8) is 0 Å². The Morgan fingerprint density at radius 2 is 1.93 bits per heavy atom. The molecule has 2 aromatic carbocycles. The number of phenols is 1. The maximum Gasteiger partial charge on any atom is 0.319 e. The summed E-state index contributed by atoms with van der Waals surface area (Å²) in [4.78, 5) is 28.8. The van der Waals surface area contributed by atoms with Crippen LogP contribution in [0.2, 0.25) is 0 Å². The molecule has 0 unspecified atom stereocenters. The molecule has 0 spiro atoms. The molecule has 55 heavy (non-hydrogen) atoms. The third-order valence-corrected chi connectivity index (χ3v) is 11.7. The van der Waals surface area contributed by atoms with Crippen molar-refractivity contribution in [2.24, 2.45) is 0 Å². The Bertz CT molecular complexity index is 2530. The average molecular weight is 754 g/mol. The number of phenolic OH excluding ortho intramolecular Hbond substituents is 1. The first kappa shape index (κ1) is 35.3. The molecule has 1 N–H and O–H groups in total. The molecule has 2 atom stereocenters. The number of carbonyl (C=O) groups excluding carboxylic acids is 1. The highest BCUT2D eigenvalue weighted by molar-refractivity contribution is 6.08. The van der Waals surface area contributed by atoms with Gasteiger partial charge >= 0.3 is 6.01 Å². The van der Waals surface area contributed by atoms with E-state index in [1.807, 2.05) is 23.7 Å². The van der Waals surface area contributed by atoms with Gasteiger partial charge < -0.3 is 19.6 Å². The first-order chi connectivity index (χ1) is 26.5. The number of alkyl halides is 1. The summed E-state index contributed by atoms with van der Waals surface area (Å²) in [6, 6.07) is 7.68. The Labute approximate surface area is 315 Å². The van der Waals surface area contributed by atoms with Gasteiger partial charge in [-0.25, -0.2) is 17.7 Å². The smallest absolute Gasteiger partial charge is 0.319 e. The molecule has 7 heterocycles. The molecule has 0 radical (unpaired) electrons. The summed E-state index contributed by atoms with van der Waals surface area (Å²) in [5.41, 5.74) is 3.78. The predicted octanol–water partition coefficient (Wildman–Crippen LogP) is 6.22. The molecule has 286 valence electrons. The zero-order valence-electron chi connectivity index (χ0n) is 31.2. The number of carbonyl (C=O) groups is 1. The minimum atomic E-state index is -0.928. The van der Waals surface area contributed by atoms with Crippen LogP contribution < -0.4 is 9.64 Å². The molecule has 2 saturated heterocycles. The van der Waals surface area contributed by atoms with Crippen molar-refractivity contribution in [3.05, 3.63) is 70.7 Å². The fourth-order valence-corrected chi connectivity index (χ4v) is 9.17. The molecular weight excluding hydrogens is 711 g/mol. The molecule has 1 amide bonds. The molecule has 4 aromatic heterocycles. The number of ether oxygens (including phenoxy) is 1. The third-order valence-electron chi connectivity index (χ3n) is 11.7. The van der Waals surface area contributed by atoms with Gasteiger partial charge in [-0.1, -0.05) is 6.92 Å². The highest BCUT2D eigenvalue weighted by Gasteiger charge is 2.49. The summed E-state index contributed by atoms with van der Waals surface area (Å²) in [6.07, 6.45) is 3.87. The quantitative estimate of drug-likeness (QED) is 0.203. The van der Waals surface area contributed by atoms with Gasteiger partial charge in [-0.15, -0.1) is 0 Å². The van der Waals surface area contributed by atoms with Crippen molar-refractivity contribution < 1.29 is 27.8 Å². The molecule has 12 nitrogen and oxygen atoms in total. The van der Waals surface area contributed by atoms with Gasteiger partial charge in [0.2, 0.25) is 0 Å². The SMILES string of the molecule is CCc1c(F)ccc2c(F)c(O)cc(-c3c(C)c4nc(OC[C@@]56CCCN5C[C@H](F)C6)nc(N5CCCn6nc(C(=O)N(C)C)cc6C5)c4c4ccnn34)c12. The van der Waals surface area contributed by atoms with E-state index in [9.17, 15) is 14.3 Å². The van der Waals surface area contributed by atoms with Crippen LogP contribution in [0, 0.1) is 18.6 Å². The predicted molar refractivity (Wildman–Crippen MR) is 201 cm³/mol. The maximum absolute atomic E-state index is 15.5. The van der Waals surface area contributed by atoms with Gasteiger partial charge in [0.1, 0.15) is 24.4 Å². The van der Waals surface area contributed by atoms with Crippen molar-refractivity contribution in [1.82, 2.24) is 39.2 Å². The second-order valence-corrected chi connectivity index (χ2v) is 15.3.